The third-order valence-electron chi connectivity index (χ3n) is 5.70. The minimum absolute atomic E-state index is 0.239. The van der Waals surface area contributed by atoms with Crippen molar-refractivity contribution in [1.82, 2.24) is 15.1 Å². The van der Waals surface area contributed by atoms with Crippen LogP contribution in [0.4, 0.5) is 13.2 Å². The molecule has 0 bridgehead atoms. The van der Waals surface area contributed by atoms with Crippen LogP contribution in [0, 0.1) is 5.92 Å². The average Bonchev–Trinajstić information content (AvgIpc) is 2.94. The number of guanidine groups is 1. The van der Waals surface area contributed by atoms with Gasteiger partial charge in [0.05, 0.1) is 19.3 Å². The molecule has 1 aliphatic heterocycles. The number of ether oxygens (including phenoxy) is 1. The third-order valence-corrected chi connectivity index (χ3v) is 5.70. The maximum absolute atomic E-state index is 12.7. The number of hydrogen-bond acceptors (Lipinski definition) is 3. The average molecular weight is 407 g/mol. The summed E-state index contributed by atoms with van der Waals surface area (Å²) in [6.45, 7) is 4.80. The molecule has 2 rings (SSSR count). The van der Waals surface area contributed by atoms with Crippen molar-refractivity contribution in [3.8, 4) is 0 Å². The molecule has 5 nitrogen and oxygen atoms in total. The number of halogens is 3. The van der Waals surface area contributed by atoms with Gasteiger partial charge in [-0.15, -0.1) is 0 Å². The first-order valence-corrected chi connectivity index (χ1v) is 10.8. The van der Waals surface area contributed by atoms with Gasteiger partial charge in [-0.05, 0) is 31.7 Å². The predicted octanol–water partition coefficient (Wildman–Crippen LogP) is 3.51. The lowest BCUT2D eigenvalue weighted by atomic mass is 10.1. The van der Waals surface area contributed by atoms with Gasteiger partial charge in [-0.25, -0.2) is 0 Å². The zero-order valence-corrected chi connectivity index (χ0v) is 17.4. The van der Waals surface area contributed by atoms with Gasteiger partial charge in [0, 0.05) is 33.2 Å². The van der Waals surface area contributed by atoms with Crippen molar-refractivity contribution < 1.29 is 17.9 Å². The summed E-state index contributed by atoms with van der Waals surface area (Å²) in [5.74, 6) is 1.06. The molecule has 1 aliphatic carbocycles. The van der Waals surface area contributed by atoms with Gasteiger partial charge in [0.15, 0.2) is 5.96 Å². The molecule has 0 radical (unpaired) electrons. The molecular weight excluding hydrogens is 369 g/mol. The second-order valence-electron chi connectivity index (χ2n) is 8.00. The molecule has 2 aliphatic rings. The van der Waals surface area contributed by atoms with Gasteiger partial charge in [0.25, 0.3) is 0 Å². The lowest BCUT2D eigenvalue weighted by molar-refractivity contribution is -0.146. The van der Waals surface area contributed by atoms with Gasteiger partial charge in [-0.1, -0.05) is 32.6 Å². The fourth-order valence-electron chi connectivity index (χ4n) is 4.23. The van der Waals surface area contributed by atoms with Crippen LogP contribution < -0.4 is 5.32 Å². The van der Waals surface area contributed by atoms with Crippen molar-refractivity contribution >= 4 is 5.96 Å². The molecule has 0 aromatic rings. The standard InChI is InChI=1S/C20H37F3N4O/c1-3-26(16-20(21,22)23)14-17-10-12-27(15-17)19(24-2)25-11-13-28-18-8-6-4-5-7-9-18/h17-18H,3-16H2,1-2H3,(H,24,25). The van der Waals surface area contributed by atoms with Gasteiger partial charge in [0.2, 0.25) is 0 Å². The lowest BCUT2D eigenvalue weighted by Gasteiger charge is -2.26. The minimum Gasteiger partial charge on any atom is -0.376 e. The molecule has 1 heterocycles. The summed E-state index contributed by atoms with van der Waals surface area (Å²) in [6, 6.07) is 0. The third kappa shape index (κ3) is 8.55. The Balaban J connectivity index is 1.68. The summed E-state index contributed by atoms with van der Waals surface area (Å²) in [5, 5.41) is 3.35. The van der Waals surface area contributed by atoms with Crippen molar-refractivity contribution in [2.45, 2.75) is 64.1 Å². The Morgan fingerprint density at radius 2 is 1.89 bits per heavy atom. The number of rotatable bonds is 8. The summed E-state index contributed by atoms with van der Waals surface area (Å²) in [7, 11) is 1.75. The number of hydrogen-bond donors (Lipinski definition) is 1. The van der Waals surface area contributed by atoms with E-state index in [0.717, 1.165) is 38.3 Å². The van der Waals surface area contributed by atoms with Crippen LogP contribution in [0.3, 0.4) is 0 Å². The number of nitrogens with one attached hydrogen (secondary N) is 1. The van der Waals surface area contributed by atoms with Gasteiger partial charge >= 0.3 is 6.18 Å². The zero-order chi connectivity index (χ0) is 20.4. The predicted molar refractivity (Wildman–Crippen MR) is 107 cm³/mol. The molecule has 0 aromatic carbocycles. The van der Waals surface area contributed by atoms with Crippen molar-refractivity contribution in [3.05, 3.63) is 0 Å². The fourth-order valence-corrected chi connectivity index (χ4v) is 4.23. The highest BCUT2D eigenvalue weighted by Crippen LogP contribution is 2.22. The Bertz CT molecular complexity index is 465. The van der Waals surface area contributed by atoms with Crippen LogP contribution in [0.5, 0.6) is 0 Å². The Hall–Kier alpha value is -1.02. The minimum atomic E-state index is -4.14. The van der Waals surface area contributed by atoms with Crippen LogP contribution in [-0.4, -0.2) is 81.0 Å². The van der Waals surface area contributed by atoms with Crippen molar-refractivity contribution in [2.75, 3.05) is 52.9 Å². The van der Waals surface area contributed by atoms with Gasteiger partial charge in [-0.3, -0.25) is 9.89 Å². The van der Waals surface area contributed by atoms with Gasteiger partial charge in [-0.2, -0.15) is 13.2 Å². The molecule has 164 valence electrons. The molecule has 28 heavy (non-hydrogen) atoms. The van der Waals surface area contributed by atoms with E-state index in [1.165, 1.54) is 30.6 Å². The van der Waals surface area contributed by atoms with Crippen LogP contribution in [0.2, 0.25) is 0 Å². The Morgan fingerprint density at radius 3 is 2.50 bits per heavy atom. The lowest BCUT2D eigenvalue weighted by Crippen LogP contribution is -2.42. The first kappa shape index (κ1) is 23.3. The first-order chi connectivity index (χ1) is 13.4. The van der Waals surface area contributed by atoms with Crippen molar-refractivity contribution in [1.29, 1.82) is 0 Å². The topological polar surface area (TPSA) is 40.1 Å². The fraction of sp³-hybridized carbons (Fsp3) is 0.950. The second kappa shape index (κ2) is 11.9. The molecule has 1 saturated carbocycles. The Kier molecular flexibility index (Phi) is 9.85. The smallest absolute Gasteiger partial charge is 0.376 e. The summed E-state index contributed by atoms with van der Waals surface area (Å²) in [5.41, 5.74) is 0. The van der Waals surface area contributed by atoms with E-state index < -0.39 is 12.7 Å². The van der Waals surface area contributed by atoms with E-state index in [-0.39, 0.29) is 5.92 Å². The summed E-state index contributed by atoms with van der Waals surface area (Å²) in [6.07, 6.45) is 4.63. The van der Waals surface area contributed by atoms with E-state index in [1.807, 2.05) is 0 Å². The second-order valence-corrected chi connectivity index (χ2v) is 8.00. The number of alkyl halides is 3. The van der Waals surface area contributed by atoms with Crippen LogP contribution in [-0.2, 0) is 4.74 Å². The van der Waals surface area contributed by atoms with E-state index in [2.05, 4.69) is 15.2 Å². The molecule has 8 heteroatoms. The zero-order valence-electron chi connectivity index (χ0n) is 17.4. The molecule has 1 N–H and O–H groups in total. The van der Waals surface area contributed by atoms with E-state index in [1.54, 1.807) is 14.0 Å². The van der Waals surface area contributed by atoms with E-state index >= 15 is 0 Å². The normalized spacial score (nSPS) is 22.7. The number of nitrogens with zero attached hydrogens (tertiary/aromatic N) is 3. The molecule has 0 amide bonds. The molecule has 1 unspecified atom stereocenters. The quantitative estimate of drug-likeness (QED) is 0.290. The van der Waals surface area contributed by atoms with Crippen LogP contribution in [0.15, 0.2) is 4.99 Å². The highest BCUT2D eigenvalue weighted by molar-refractivity contribution is 5.80. The first-order valence-electron chi connectivity index (χ1n) is 10.8. The SMILES string of the molecule is CCN(CC1CCN(C(=NC)NCCOC2CCCCCC2)C1)CC(F)(F)F. The van der Waals surface area contributed by atoms with Crippen LogP contribution in [0.25, 0.3) is 0 Å². The molecule has 1 saturated heterocycles. The number of aliphatic imine (C=N–C) groups is 1. The molecule has 1 atom stereocenters. The highest BCUT2D eigenvalue weighted by Gasteiger charge is 2.33. The highest BCUT2D eigenvalue weighted by atomic mass is 19.4. The Morgan fingerprint density at radius 1 is 1.18 bits per heavy atom. The molecule has 0 spiro atoms. The maximum Gasteiger partial charge on any atom is 0.401 e. The Labute approximate surface area is 167 Å². The molecular formula is C20H37F3N4O. The van der Waals surface area contributed by atoms with Crippen molar-refractivity contribution in [3.63, 3.8) is 0 Å². The molecule has 0 aromatic heterocycles. The largest absolute Gasteiger partial charge is 0.401 e. The van der Waals surface area contributed by atoms with E-state index in [4.69, 9.17) is 4.74 Å². The van der Waals surface area contributed by atoms with Gasteiger partial charge in [0.1, 0.15) is 0 Å². The summed E-state index contributed by atoms with van der Waals surface area (Å²) >= 11 is 0. The monoisotopic (exact) mass is 406 g/mol. The number of likely N-dealkylation sites (tertiary alicyclic amines) is 1. The molecule has 2 fully saturated rings. The van der Waals surface area contributed by atoms with Crippen LogP contribution >= 0.6 is 0 Å². The van der Waals surface area contributed by atoms with Crippen LogP contribution in [0.1, 0.15) is 51.9 Å². The summed E-state index contributed by atoms with van der Waals surface area (Å²) in [4.78, 5) is 7.99. The van der Waals surface area contributed by atoms with Gasteiger partial charge < -0.3 is 15.0 Å². The van der Waals surface area contributed by atoms with E-state index in [0.29, 0.717) is 32.3 Å². The van der Waals surface area contributed by atoms with Crippen molar-refractivity contribution in [2.24, 2.45) is 10.9 Å². The van der Waals surface area contributed by atoms with E-state index in [9.17, 15) is 13.2 Å². The summed E-state index contributed by atoms with van der Waals surface area (Å²) < 4.78 is 44.0. The maximum atomic E-state index is 12.7.